The molecule has 3 rings (SSSR count). The number of carboxylic acid groups (broad SMARTS) is 1. The minimum absolute atomic E-state index is 0.371. The van der Waals surface area contributed by atoms with Crippen LogP contribution in [0.3, 0.4) is 0 Å². The monoisotopic (exact) mass is 238 g/mol. The quantitative estimate of drug-likeness (QED) is 0.868. The minimum Gasteiger partial charge on any atom is -0.478 e. The van der Waals surface area contributed by atoms with E-state index in [0.29, 0.717) is 5.56 Å². The summed E-state index contributed by atoms with van der Waals surface area (Å²) in [6.07, 6.45) is 3.47. The number of fused-ring (bicyclic) bond motifs is 1. The van der Waals surface area contributed by atoms with Crippen LogP contribution in [0.1, 0.15) is 27.9 Å². The number of carboxylic acids is 1. The maximum Gasteiger partial charge on any atom is 0.336 e. The summed E-state index contributed by atoms with van der Waals surface area (Å²) in [5.74, 6) is -0.869. The number of aromatic carboxylic acids is 1. The predicted molar refractivity (Wildman–Crippen MR) is 70.9 cm³/mol. The molecule has 1 aliphatic rings. The van der Waals surface area contributed by atoms with E-state index in [1.165, 1.54) is 17.5 Å². The number of hydrogen-bond acceptors (Lipinski definition) is 1. The van der Waals surface area contributed by atoms with Gasteiger partial charge in [-0.1, -0.05) is 36.4 Å². The zero-order valence-corrected chi connectivity index (χ0v) is 10.0. The van der Waals surface area contributed by atoms with E-state index < -0.39 is 5.97 Å². The lowest BCUT2D eigenvalue weighted by atomic mass is 9.97. The second kappa shape index (κ2) is 4.30. The summed E-state index contributed by atoms with van der Waals surface area (Å²) >= 11 is 0. The summed E-state index contributed by atoms with van der Waals surface area (Å²) in [4.78, 5) is 11.2. The minimum atomic E-state index is -0.869. The molecule has 0 saturated heterocycles. The third kappa shape index (κ3) is 1.80. The van der Waals surface area contributed by atoms with E-state index in [1.807, 2.05) is 18.2 Å². The van der Waals surface area contributed by atoms with Crippen LogP contribution in [0.15, 0.2) is 42.5 Å². The number of hydrogen-bond donors (Lipinski definition) is 1. The second-order valence-electron chi connectivity index (χ2n) is 4.69. The number of carbonyl (C=O) groups is 1. The van der Waals surface area contributed by atoms with E-state index >= 15 is 0 Å². The van der Waals surface area contributed by atoms with Crippen LogP contribution >= 0.6 is 0 Å². The van der Waals surface area contributed by atoms with Gasteiger partial charge in [-0.15, -0.1) is 0 Å². The van der Waals surface area contributed by atoms with Crippen LogP contribution < -0.4 is 0 Å². The molecule has 0 bridgehead atoms. The molecule has 2 heteroatoms. The Bertz CT molecular complexity index is 614. The normalized spacial score (nSPS) is 13.3. The first-order chi connectivity index (χ1) is 8.75. The van der Waals surface area contributed by atoms with Gasteiger partial charge in [0.05, 0.1) is 5.56 Å². The highest BCUT2D eigenvalue weighted by molar-refractivity contribution is 5.96. The summed E-state index contributed by atoms with van der Waals surface area (Å²) in [6.45, 7) is 0. The van der Waals surface area contributed by atoms with Gasteiger partial charge in [-0.05, 0) is 47.6 Å². The van der Waals surface area contributed by atoms with E-state index in [2.05, 4.69) is 12.1 Å². The van der Waals surface area contributed by atoms with E-state index in [0.717, 1.165) is 24.0 Å². The van der Waals surface area contributed by atoms with Gasteiger partial charge in [-0.2, -0.15) is 0 Å². The molecule has 0 unspecified atom stereocenters. The van der Waals surface area contributed by atoms with Crippen LogP contribution in [0.25, 0.3) is 11.1 Å². The van der Waals surface area contributed by atoms with Gasteiger partial charge in [0.1, 0.15) is 0 Å². The van der Waals surface area contributed by atoms with Crippen molar-refractivity contribution >= 4 is 5.97 Å². The Kier molecular flexibility index (Phi) is 2.63. The molecule has 0 fully saturated rings. The zero-order chi connectivity index (χ0) is 12.5. The van der Waals surface area contributed by atoms with E-state index in [9.17, 15) is 9.90 Å². The molecule has 0 spiro atoms. The first-order valence-corrected chi connectivity index (χ1v) is 6.20. The van der Waals surface area contributed by atoms with Gasteiger partial charge in [0.25, 0.3) is 0 Å². The van der Waals surface area contributed by atoms with E-state index in [1.54, 1.807) is 12.1 Å². The van der Waals surface area contributed by atoms with Crippen molar-refractivity contribution in [1.82, 2.24) is 0 Å². The molecule has 90 valence electrons. The lowest BCUT2D eigenvalue weighted by Crippen LogP contribution is -1.99. The van der Waals surface area contributed by atoms with Crippen LogP contribution in [0.5, 0.6) is 0 Å². The summed E-state index contributed by atoms with van der Waals surface area (Å²) in [5, 5.41) is 9.22. The smallest absolute Gasteiger partial charge is 0.336 e. The average molecular weight is 238 g/mol. The van der Waals surface area contributed by atoms with E-state index in [-0.39, 0.29) is 0 Å². The summed E-state index contributed by atoms with van der Waals surface area (Å²) in [6, 6.07) is 13.5. The SMILES string of the molecule is O=C(O)c1ccccc1-c1ccc2c(c1)CCC2. The Morgan fingerprint density at radius 1 is 1.00 bits per heavy atom. The molecule has 1 aliphatic carbocycles. The Morgan fingerprint density at radius 2 is 1.78 bits per heavy atom. The molecular weight excluding hydrogens is 224 g/mol. The van der Waals surface area contributed by atoms with Gasteiger partial charge in [0.15, 0.2) is 0 Å². The van der Waals surface area contributed by atoms with Gasteiger partial charge >= 0.3 is 5.97 Å². The molecule has 2 aromatic carbocycles. The molecule has 1 N–H and O–H groups in total. The van der Waals surface area contributed by atoms with Gasteiger partial charge in [-0.3, -0.25) is 0 Å². The van der Waals surface area contributed by atoms with Gasteiger partial charge in [-0.25, -0.2) is 4.79 Å². The highest BCUT2D eigenvalue weighted by atomic mass is 16.4. The van der Waals surface area contributed by atoms with Crippen LogP contribution in [-0.2, 0) is 12.8 Å². The lowest BCUT2D eigenvalue weighted by molar-refractivity contribution is 0.0697. The maximum absolute atomic E-state index is 11.2. The topological polar surface area (TPSA) is 37.3 Å². The summed E-state index contributed by atoms with van der Waals surface area (Å²) < 4.78 is 0. The van der Waals surface area contributed by atoms with Crippen molar-refractivity contribution in [1.29, 1.82) is 0 Å². The maximum atomic E-state index is 11.2. The first-order valence-electron chi connectivity index (χ1n) is 6.20. The second-order valence-corrected chi connectivity index (χ2v) is 4.69. The van der Waals surface area contributed by atoms with E-state index in [4.69, 9.17) is 0 Å². The fraction of sp³-hybridized carbons (Fsp3) is 0.188. The average Bonchev–Trinajstić information content (AvgIpc) is 2.85. The fourth-order valence-corrected chi connectivity index (χ4v) is 2.66. The Labute approximate surface area is 106 Å². The summed E-state index contributed by atoms with van der Waals surface area (Å²) in [5.41, 5.74) is 4.96. The largest absolute Gasteiger partial charge is 0.478 e. The van der Waals surface area contributed by atoms with Crippen molar-refractivity contribution < 1.29 is 9.90 Å². The van der Waals surface area contributed by atoms with Gasteiger partial charge in [0.2, 0.25) is 0 Å². The third-order valence-corrected chi connectivity index (χ3v) is 3.57. The third-order valence-electron chi connectivity index (χ3n) is 3.57. The van der Waals surface area contributed by atoms with Crippen LogP contribution in [0.2, 0.25) is 0 Å². The van der Waals surface area contributed by atoms with Gasteiger partial charge in [0, 0.05) is 0 Å². The van der Waals surface area contributed by atoms with Crippen molar-refractivity contribution in [3.05, 3.63) is 59.2 Å². The van der Waals surface area contributed by atoms with Crippen LogP contribution in [-0.4, -0.2) is 11.1 Å². The number of benzene rings is 2. The van der Waals surface area contributed by atoms with Crippen molar-refractivity contribution in [2.24, 2.45) is 0 Å². The molecule has 2 nitrogen and oxygen atoms in total. The van der Waals surface area contributed by atoms with Gasteiger partial charge < -0.3 is 5.11 Å². The van der Waals surface area contributed by atoms with Crippen LogP contribution in [0.4, 0.5) is 0 Å². The highest BCUT2D eigenvalue weighted by Crippen LogP contribution is 2.29. The molecule has 2 aromatic rings. The van der Waals surface area contributed by atoms with Crippen molar-refractivity contribution in [3.63, 3.8) is 0 Å². The first kappa shape index (κ1) is 11.0. The fourth-order valence-electron chi connectivity index (χ4n) is 2.66. The molecule has 0 aliphatic heterocycles. The summed E-state index contributed by atoms with van der Waals surface area (Å²) in [7, 11) is 0. The van der Waals surface area contributed by atoms with Crippen LogP contribution in [0, 0.1) is 0 Å². The number of aryl methyl sites for hydroxylation is 2. The molecular formula is C16H14O2. The molecule has 18 heavy (non-hydrogen) atoms. The van der Waals surface area contributed by atoms with Crippen molar-refractivity contribution in [2.45, 2.75) is 19.3 Å². The lowest BCUT2D eigenvalue weighted by Gasteiger charge is -2.08. The standard InChI is InChI=1S/C16H14O2/c17-16(18)15-7-2-1-6-14(15)13-9-8-11-4-3-5-12(11)10-13/h1-2,6-10H,3-5H2,(H,17,18). The highest BCUT2D eigenvalue weighted by Gasteiger charge is 2.14. The Balaban J connectivity index is 2.13. The molecule has 0 aromatic heterocycles. The zero-order valence-electron chi connectivity index (χ0n) is 10.0. The Morgan fingerprint density at radius 3 is 2.61 bits per heavy atom. The molecule has 0 amide bonds. The predicted octanol–water partition coefficient (Wildman–Crippen LogP) is 3.54. The molecule has 0 atom stereocenters. The van der Waals surface area contributed by atoms with Crippen molar-refractivity contribution in [2.75, 3.05) is 0 Å². The Hall–Kier alpha value is -2.09. The molecule has 0 saturated carbocycles. The molecule has 0 radical (unpaired) electrons. The van der Waals surface area contributed by atoms with Crippen molar-refractivity contribution in [3.8, 4) is 11.1 Å². The number of rotatable bonds is 2. The molecule has 0 heterocycles.